The molecule has 2 amide bonds. The number of phenols is 1. The van der Waals surface area contributed by atoms with E-state index in [0.29, 0.717) is 44.8 Å². The lowest BCUT2D eigenvalue weighted by atomic mass is 10.1. The van der Waals surface area contributed by atoms with E-state index in [4.69, 9.17) is 0 Å². The lowest BCUT2D eigenvalue weighted by Gasteiger charge is -2.34. The summed E-state index contributed by atoms with van der Waals surface area (Å²) in [5.74, 6) is -0.0392. The van der Waals surface area contributed by atoms with Crippen LogP contribution >= 0.6 is 0 Å². The Morgan fingerprint density at radius 3 is 2.64 bits per heavy atom. The minimum Gasteiger partial charge on any atom is -0.508 e. The molecule has 0 aliphatic carbocycles. The molecule has 1 saturated heterocycles. The summed E-state index contributed by atoms with van der Waals surface area (Å²) in [6, 6.07) is 6.36. The molecule has 1 aromatic rings. The van der Waals surface area contributed by atoms with Crippen LogP contribution < -0.4 is 5.32 Å². The van der Waals surface area contributed by atoms with Gasteiger partial charge >= 0.3 is 0 Å². The molecule has 1 aliphatic heterocycles. The van der Waals surface area contributed by atoms with Crippen molar-refractivity contribution in [1.29, 1.82) is 0 Å². The van der Waals surface area contributed by atoms with Crippen molar-refractivity contribution in [2.45, 2.75) is 0 Å². The number of phenolic OH excluding ortho intramolecular Hbond substituents is 1. The number of rotatable bonds is 5. The second kappa shape index (κ2) is 7.61. The van der Waals surface area contributed by atoms with Crippen molar-refractivity contribution in [3.63, 3.8) is 0 Å². The van der Waals surface area contributed by atoms with Gasteiger partial charge in [-0.2, -0.15) is 0 Å². The molecule has 0 atom stereocenters. The van der Waals surface area contributed by atoms with E-state index in [1.54, 1.807) is 23.1 Å². The first-order valence-corrected chi connectivity index (χ1v) is 7.28. The quantitative estimate of drug-likeness (QED) is 0.775. The highest BCUT2D eigenvalue weighted by Crippen LogP contribution is 2.14. The summed E-state index contributed by atoms with van der Waals surface area (Å²) in [5.41, 5.74) is 0.483. The molecule has 6 nitrogen and oxygen atoms in total. The van der Waals surface area contributed by atoms with Crippen LogP contribution in [0.2, 0.25) is 0 Å². The molecule has 0 unspecified atom stereocenters. The van der Waals surface area contributed by atoms with E-state index < -0.39 is 0 Å². The van der Waals surface area contributed by atoms with E-state index in [1.807, 2.05) is 4.90 Å². The van der Waals surface area contributed by atoms with Crippen molar-refractivity contribution in [2.75, 3.05) is 39.3 Å². The molecule has 22 heavy (non-hydrogen) atoms. The molecule has 6 heteroatoms. The van der Waals surface area contributed by atoms with Gasteiger partial charge in [-0.3, -0.25) is 14.5 Å². The van der Waals surface area contributed by atoms with Crippen LogP contribution in [-0.2, 0) is 4.79 Å². The fourth-order valence-corrected chi connectivity index (χ4v) is 2.38. The summed E-state index contributed by atoms with van der Waals surface area (Å²) in [5, 5.41) is 12.2. The smallest absolute Gasteiger partial charge is 0.254 e. The predicted octanol–water partition coefficient (Wildman–Crippen LogP) is 0.452. The van der Waals surface area contributed by atoms with Gasteiger partial charge in [0.2, 0.25) is 5.91 Å². The van der Waals surface area contributed by atoms with Gasteiger partial charge in [0.05, 0.1) is 6.54 Å². The van der Waals surface area contributed by atoms with Gasteiger partial charge in [-0.25, -0.2) is 0 Å². The van der Waals surface area contributed by atoms with Gasteiger partial charge in [0.25, 0.3) is 5.91 Å². The highest BCUT2D eigenvalue weighted by Gasteiger charge is 2.23. The Morgan fingerprint density at radius 2 is 2.00 bits per heavy atom. The molecule has 0 aromatic heterocycles. The Labute approximate surface area is 130 Å². The molecular weight excluding hydrogens is 282 g/mol. The number of hydrogen-bond acceptors (Lipinski definition) is 4. The van der Waals surface area contributed by atoms with E-state index in [0.717, 1.165) is 0 Å². The van der Waals surface area contributed by atoms with Gasteiger partial charge < -0.3 is 15.3 Å². The van der Waals surface area contributed by atoms with Gasteiger partial charge in [-0.15, -0.1) is 6.58 Å². The number of carbonyl (C=O) groups is 2. The number of benzene rings is 1. The minimum atomic E-state index is -0.0911. The van der Waals surface area contributed by atoms with Gasteiger partial charge in [-0.1, -0.05) is 12.1 Å². The molecule has 0 spiro atoms. The second-order valence-electron chi connectivity index (χ2n) is 5.21. The van der Waals surface area contributed by atoms with Gasteiger partial charge in [0.15, 0.2) is 0 Å². The lowest BCUT2D eigenvalue weighted by Crippen LogP contribution is -2.51. The number of piperazine rings is 1. The van der Waals surface area contributed by atoms with E-state index >= 15 is 0 Å². The maximum Gasteiger partial charge on any atom is 0.254 e. The van der Waals surface area contributed by atoms with Crippen LogP contribution in [0.5, 0.6) is 5.75 Å². The van der Waals surface area contributed by atoms with Crippen molar-refractivity contribution >= 4 is 11.8 Å². The van der Waals surface area contributed by atoms with E-state index in [-0.39, 0.29) is 17.6 Å². The molecule has 2 rings (SSSR count). The zero-order chi connectivity index (χ0) is 15.9. The lowest BCUT2D eigenvalue weighted by molar-refractivity contribution is -0.122. The first kappa shape index (κ1) is 16.0. The third-order valence-corrected chi connectivity index (χ3v) is 3.56. The molecular formula is C16H21N3O3. The molecule has 0 saturated carbocycles. The standard InChI is InChI=1S/C16H21N3O3/c1-2-6-17-15(21)12-18-7-9-19(10-8-18)16(22)13-4-3-5-14(20)11-13/h2-5,11,20H,1,6-10,12H2,(H,17,21). The van der Waals surface area contributed by atoms with Crippen molar-refractivity contribution in [3.05, 3.63) is 42.5 Å². The van der Waals surface area contributed by atoms with Crippen LogP contribution in [0.3, 0.4) is 0 Å². The SMILES string of the molecule is C=CCNC(=O)CN1CCN(C(=O)c2cccc(O)c2)CC1. The van der Waals surface area contributed by atoms with E-state index in [2.05, 4.69) is 11.9 Å². The van der Waals surface area contributed by atoms with Gasteiger partial charge in [0, 0.05) is 38.3 Å². The highest BCUT2D eigenvalue weighted by molar-refractivity contribution is 5.94. The largest absolute Gasteiger partial charge is 0.508 e. The Balaban J connectivity index is 1.83. The maximum absolute atomic E-state index is 12.3. The Bertz CT molecular complexity index is 551. The van der Waals surface area contributed by atoms with Crippen molar-refractivity contribution in [1.82, 2.24) is 15.1 Å². The van der Waals surface area contributed by atoms with E-state index in [9.17, 15) is 14.7 Å². The van der Waals surface area contributed by atoms with Crippen molar-refractivity contribution in [2.24, 2.45) is 0 Å². The second-order valence-corrected chi connectivity index (χ2v) is 5.21. The Kier molecular flexibility index (Phi) is 5.55. The van der Waals surface area contributed by atoms with Crippen LogP contribution in [-0.4, -0.2) is 66.0 Å². The van der Waals surface area contributed by atoms with Gasteiger partial charge in [0.1, 0.15) is 5.75 Å². The molecule has 118 valence electrons. The van der Waals surface area contributed by atoms with Crippen LogP contribution in [0.25, 0.3) is 0 Å². The minimum absolute atomic E-state index is 0.0346. The summed E-state index contributed by atoms with van der Waals surface area (Å²) >= 11 is 0. The molecule has 1 aliphatic rings. The number of aromatic hydroxyl groups is 1. The number of nitrogens with one attached hydrogen (secondary N) is 1. The highest BCUT2D eigenvalue weighted by atomic mass is 16.3. The summed E-state index contributed by atoms with van der Waals surface area (Å²) in [6.45, 7) is 6.82. The average molecular weight is 303 g/mol. The monoisotopic (exact) mass is 303 g/mol. The van der Waals surface area contributed by atoms with Crippen LogP contribution in [0.15, 0.2) is 36.9 Å². The number of carbonyl (C=O) groups excluding carboxylic acids is 2. The number of nitrogens with zero attached hydrogens (tertiary/aromatic N) is 2. The third kappa shape index (κ3) is 4.33. The predicted molar refractivity (Wildman–Crippen MR) is 83.7 cm³/mol. The zero-order valence-electron chi connectivity index (χ0n) is 12.5. The number of amides is 2. The van der Waals surface area contributed by atoms with Crippen molar-refractivity contribution < 1.29 is 14.7 Å². The maximum atomic E-state index is 12.3. The average Bonchev–Trinajstić information content (AvgIpc) is 2.53. The molecule has 1 fully saturated rings. The first-order valence-electron chi connectivity index (χ1n) is 7.28. The molecule has 0 radical (unpaired) electrons. The molecule has 2 N–H and O–H groups in total. The van der Waals surface area contributed by atoms with Crippen LogP contribution in [0.4, 0.5) is 0 Å². The van der Waals surface area contributed by atoms with Crippen LogP contribution in [0, 0.1) is 0 Å². The normalized spacial score (nSPS) is 15.4. The molecule has 0 bridgehead atoms. The Morgan fingerprint density at radius 1 is 1.27 bits per heavy atom. The van der Waals surface area contributed by atoms with Gasteiger partial charge in [-0.05, 0) is 18.2 Å². The Hall–Kier alpha value is -2.34. The summed E-state index contributed by atoms with van der Waals surface area (Å²) in [4.78, 5) is 27.7. The fraction of sp³-hybridized carbons (Fsp3) is 0.375. The number of hydrogen-bond donors (Lipinski definition) is 2. The summed E-state index contributed by atoms with van der Waals surface area (Å²) in [7, 11) is 0. The van der Waals surface area contributed by atoms with E-state index in [1.165, 1.54) is 12.1 Å². The van der Waals surface area contributed by atoms with Crippen molar-refractivity contribution in [3.8, 4) is 5.75 Å². The topological polar surface area (TPSA) is 72.9 Å². The molecule has 1 aromatic carbocycles. The summed E-state index contributed by atoms with van der Waals surface area (Å²) < 4.78 is 0. The summed E-state index contributed by atoms with van der Waals surface area (Å²) in [6.07, 6.45) is 1.64. The third-order valence-electron chi connectivity index (χ3n) is 3.56. The first-order chi connectivity index (χ1) is 10.6. The zero-order valence-corrected chi connectivity index (χ0v) is 12.5. The fourth-order valence-electron chi connectivity index (χ4n) is 2.38. The molecule has 1 heterocycles. The van der Waals surface area contributed by atoms with Crippen LogP contribution in [0.1, 0.15) is 10.4 Å².